The number of urea groups is 1. The number of benzene rings is 1. The Morgan fingerprint density at radius 3 is 2.85 bits per heavy atom. The van der Waals surface area contributed by atoms with Crippen LogP contribution in [0.25, 0.3) is 0 Å². The zero-order valence-electron chi connectivity index (χ0n) is 10.2. The molecular weight excluding hydrogens is 300 g/mol. The number of nitrogens with zero attached hydrogens (tertiary/aromatic N) is 1. The Morgan fingerprint density at radius 2 is 2.20 bits per heavy atom. The molecule has 2 aromatic rings. The smallest absolute Gasteiger partial charge is 0.321 e. The normalized spacial score (nSPS) is 11.1. The number of amides is 2. The first-order chi connectivity index (χ1) is 9.45. The summed E-state index contributed by atoms with van der Waals surface area (Å²) in [4.78, 5) is 15.5. The van der Waals surface area contributed by atoms with Gasteiger partial charge in [-0.1, -0.05) is 12.1 Å². The molecule has 0 aliphatic rings. The molecule has 0 spiro atoms. The molecule has 2 rings (SSSR count). The van der Waals surface area contributed by atoms with Crippen molar-refractivity contribution in [3.05, 3.63) is 41.4 Å². The van der Waals surface area contributed by atoms with Crippen LogP contribution >= 0.6 is 11.3 Å². The maximum absolute atomic E-state index is 11.6. The lowest BCUT2D eigenvalue weighted by atomic mass is 10.2. The van der Waals surface area contributed by atoms with Crippen molar-refractivity contribution in [2.75, 3.05) is 5.32 Å². The van der Waals surface area contributed by atoms with Crippen molar-refractivity contribution >= 4 is 32.5 Å². The van der Waals surface area contributed by atoms with Crippen LogP contribution < -0.4 is 15.8 Å². The Hall–Kier alpha value is -1.97. The number of sulfonamides is 1. The van der Waals surface area contributed by atoms with Crippen LogP contribution in [0.4, 0.5) is 9.93 Å². The van der Waals surface area contributed by atoms with Gasteiger partial charge in [0.05, 0.1) is 4.90 Å². The van der Waals surface area contributed by atoms with Gasteiger partial charge in [0.2, 0.25) is 10.0 Å². The lowest BCUT2D eigenvalue weighted by molar-refractivity contribution is 0.251. The van der Waals surface area contributed by atoms with E-state index in [1.807, 2.05) is 0 Å². The summed E-state index contributed by atoms with van der Waals surface area (Å²) < 4.78 is 22.4. The van der Waals surface area contributed by atoms with Crippen molar-refractivity contribution < 1.29 is 13.2 Å². The first-order valence-corrected chi connectivity index (χ1v) is 7.94. The number of hydrogen-bond donors (Lipinski definition) is 3. The van der Waals surface area contributed by atoms with Gasteiger partial charge in [0.25, 0.3) is 0 Å². The second-order valence-electron chi connectivity index (χ2n) is 3.84. The molecule has 0 bridgehead atoms. The lowest BCUT2D eigenvalue weighted by Crippen LogP contribution is -2.28. The van der Waals surface area contributed by atoms with Crippen LogP contribution in [0.1, 0.15) is 5.56 Å². The highest BCUT2D eigenvalue weighted by molar-refractivity contribution is 7.89. The van der Waals surface area contributed by atoms with Crippen LogP contribution in [0.5, 0.6) is 0 Å². The second kappa shape index (κ2) is 5.99. The van der Waals surface area contributed by atoms with Gasteiger partial charge in [0, 0.05) is 18.1 Å². The van der Waals surface area contributed by atoms with E-state index in [-0.39, 0.29) is 11.4 Å². The molecular formula is C11H12N4O3S2. The summed E-state index contributed by atoms with van der Waals surface area (Å²) in [6.45, 7) is 0.181. The average Bonchev–Trinajstić information content (AvgIpc) is 2.88. The Morgan fingerprint density at radius 1 is 1.40 bits per heavy atom. The van der Waals surface area contributed by atoms with Crippen molar-refractivity contribution in [1.29, 1.82) is 0 Å². The van der Waals surface area contributed by atoms with Crippen LogP contribution in [0.2, 0.25) is 0 Å². The number of hydrogen-bond acceptors (Lipinski definition) is 5. The molecule has 1 heterocycles. The summed E-state index contributed by atoms with van der Waals surface area (Å²) in [5.41, 5.74) is 0.630. The van der Waals surface area contributed by atoms with E-state index >= 15 is 0 Å². The summed E-state index contributed by atoms with van der Waals surface area (Å²) in [5, 5.41) is 12.4. The third-order valence-electron chi connectivity index (χ3n) is 2.33. The van der Waals surface area contributed by atoms with Crippen molar-refractivity contribution in [3.63, 3.8) is 0 Å². The number of thiazole rings is 1. The Bertz CT molecular complexity index is 698. The van der Waals surface area contributed by atoms with E-state index in [4.69, 9.17) is 5.14 Å². The predicted octanol–water partition coefficient (Wildman–Crippen LogP) is 1.11. The lowest BCUT2D eigenvalue weighted by Gasteiger charge is -2.06. The molecule has 20 heavy (non-hydrogen) atoms. The Balaban J connectivity index is 1.96. The van der Waals surface area contributed by atoms with Crippen LogP contribution in [0.15, 0.2) is 40.7 Å². The van der Waals surface area contributed by atoms with Gasteiger partial charge in [-0.2, -0.15) is 0 Å². The average molecular weight is 312 g/mol. The van der Waals surface area contributed by atoms with Crippen LogP contribution in [-0.2, 0) is 16.6 Å². The summed E-state index contributed by atoms with van der Waals surface area (Å²) in [5.74, 6) is 0. The van der Waals surface area contributed by atoms with Gasteiger partial charge in [0.1, 0.15) is 0 Å². The van der Waals surface area contributed by atoms with E-state index in [0.717, 1.165) is 0 Å². The van der Waals surface area contributed by atoms with E-state index in [1.165, 1.54) is 23.5 Å². The monoisotopic (exact) mass is 312 g/mol. The molecule has 0 aliphatic heterocycles. The summed E-state index contributed by atoms with van der Waals surface area (Å²) >= 11 is 1.30. The fourth-order valence-electron chi connectivity index (χ4n) is 1.44. The minimum atomic E-state index is -3.74. The van der Waals surface area contributed by atoms with Crippen molar-refractivity contribution in [3.8, 4) is 0 Å². The first-order valence-electron chi connectivity index (χ1n) is 5.51. The molecule has 7 nitrogen and oxygen atoms in total. The molecule has 0 atom stereocenters. The van der Waals surface area contributed by atoms with Crippen LogP contribution in [0.3, 0.4) is 0 Å². The van der Waals surface area contributed by atoms with Gasteiger partial charge in [-0.15, -0.1) is 11.3 Å². The standard InChI is InChI=1S/C11H12N4O3S2/c12-20(17,18)9-3-1-2-8(6-9)7-14-10(16)15-11-13-4-5-19-11/h1-6H,7H2,(H2,12,17,18)(H2,13,14,15,16). The SMILES string of the molecule is NS(=O)(=O)c1cccc(CNC(=O)Nc2nccs2)c1. The number of anilines is 1. The number of nitrogens with one attached hydrogen (secondary N) is 2. The number of primary sulfonamides is 1. The fraction of sp³-hybridized carbons (Fsp3) is 0.0909. The molecule has 1 aromatic heterocycles. The van der Waals surface area contributed by atoms with E-state index in [9.17, 15) is 13.2 Å². The molecule has 0 saturated heterocycles. The number of carbonyl (C=O) groups is 1. The van der Waals surface area contributed by atoms with Gasteiger partial charge in [-0.25, -0.2) is 23.3 Å². The van der Waals surface area contributed by atoms with E-state index in [2.05, 4.69) is 15.6 Å². The second-order valence-corrected chi connectivity index (χ2v) is 6.29. The topological polar surface area (TPSA) is 114 Å². The molecule has 2 amide bonds. The molecule has 1 aromatic carbocycles. The highest BCUT2D eigenvalue weighted by Gasteiger charge is 2.08. The predicted molar refractivity (Wildman–Crippen MR) is 75.8 cm³/mol. The number of rotatable bonds is 4. The first kappa shape index (κ1) is 14.4. The van der Waals surface area contributed by atoms with Crippen molar-refractivity contribution in [1.82, 2.24) is 10.3 Å². The Kier molecular flexibility index (Phi) is 4.32. The molecule has 9 heteroatoms. The third-order valence-corrected chi connectivity index (χ3v) is 3.93. The number of nitrogens with two attached hydrogens (primary N) is 1. The number of carbonyl (C=O) groups excluding carboxylic acids is 1. The van der Waals surface area contributed by atoms with E-state index in [0.29, 0.717) is 10.7 Å². The molecule has 106 valence electrons. The van der Waals surface area contributed by atoms with E-state index in [1.54, 1.807) is 23.7 Å². The van der Waals surface area contributed by atoms with Gasteiger partial charge in [-0.05, 0) is 17.7 Å². The zero-order valence-corrected chi connectivity index (χ0v) is 11.9. The van der Waals surface area contributed by atoms with Gasteiger partial charge >= 0.3 is 6.03 Å². The summed E-state index contributed by atoms with van der Waals surface area (Å²) in [7, 11) is -3.74. The van der Waals surface area contributed by atoms with E-state index < -0.39 is 16.1 Å². The maximum atomic E-state index is 11.6. The minimum absolute atomic E-state index is 0.0112. The molecule has 0 fully saturated rings. The Labute approximate surface area is 119 Å². The van der Waals surface area contributed by atoms with Crippen molar-refractivity contribution in [2.24, 2.45) is 5.14 Å². The minimum Gasteiger partial charge on any atom is -0.334 e. The molecule has 0 unspecified atom stereocenters. The maximum Gasteiger partial charge on any atom is 0.321 e. The van der Waals surface area contributed by atoms with Crippen molar-refractivity contribution in [2.45, 2.75) is 11.4 Å². The van der Waals surface area contributed by atoms with Crippen LogP contribution in [-0.4, -0.2) is 19.4 Å². The number of aromatic nitrogens is 1. The highest BCUT2D eigenvalue weighted by atomic mass is 32.2. The zero-order chi connectivity index (χ0) is 14.6. The molecule has 0 saturated carbocycles. The molecule has 0 aliphatic carbocycles. The summed E-state index contributed by atoms with van der Waals surface area (Å²) in [6.07, 6.45) is 1.58. The van der Waals surface area contributed by atoms with Gasteiger partial charge in [0.15, 0.2) is 5.13 Å². The summed E-state index contributed by atoms with van der Waals surface area (Å²) in [6, 6.07) is 5.65. The van der Waals surface area contributed by atoms with Gasteiger partial charge < -0.3 is 5.32 Å². The highest BCUT2D eigenvalue weighted by Crippen LogP contribution is 2.11. The fourth-order valence-corrected chi connectivity index (χ4v) is 2.55. The molecule has 0 radical (unpaired) electrons. The largest absolute Gasteiger partial charge is 0.334 e. The van der Waals surface area contributed by atoms with Crippen LogP contribution in [0, 0.1) is 0 Å². The molecule has 4 N–H and O–H groups in total. The quantitative estimate of drug-likeness (QED) is 0.784. The third kappa shape index (κ3) is 4.02. The van der Waals surface area contributed by atoms with Gasteiger partial charge in [-0.3, -0.25) is 5.32 Å².